The lowest BCUT2D eigenvalue weighted by atomic mass is 9.89. The van der Waals surface area contributed by atoms with Crippen LogP contribution < -0.4 is 5.32 Å². The molecule has 0 bridgehead atoms. The molecule has 0 unspecified atom stereocenters. The quantitative estimate of drug-likeness (QED) is 0.898. The molecule has 1 saturated heterocycles. The highest BCUT2D eigenvalue weighted by Crippen LogP contribution is 2.26. The lowest BCUT2D eigenvalue weighted by Gasteiger charge is -2.32. The van der Waals surface area contributed by atoms with Gasteiger partial charge >= 0.3 is 6.03 Å². The van der Waals surface area contributed by atoms with Crippen molar-refractivity contribution in [3.8, 4) is 0 Å². The van der Waals surface area contributed by atoms with Gasteiger partial charge in [-0.2, -0.15) is 0 Å². The molecule has 0 aliphatic carbocycles. The van der Waals surface area contributed by atoms with Crippen LogP contribution in [0.3, 0.4) is 0 Å². The first-order chi connectivity index (χ1) is 12.9. The summed E-state index contributed by atoms with van der Waals surface area (Å²) in [6.07, 6.45) is 5.62. The summed E-state index contributed by atoms with van der Waals surface area (Å²) < 4.78 is 1.88. The molecule has 1 aromatic carbocycles. The number of hydrogen-bond donors (Lipinski definition) is 1. The summed E-state index contributed by atoms with van der Waals surface area (Å²) in [6.45, 7) is 13.9. The fourth-order valence-electron chi connectivity index (χ4n) is 4.03. The predicted molar refractivity (Wildman–Crippen MR) is 107 cm³/mol. The molecular weight excluding hydrogens is 338 g/mol. The van der Waals surface area contributed by atoms with Gasteiger partial charge in [-0.05, 0) is 86.8 Å². The molecule has 3 rings (SSSR count). The van der Waals surface area contributed by atoms with E-state index in [1.807, 2.05) is 15.8 Å². The van der Waals surface area contributed by atoms with E-state index in [2.05, 4.69) is 50.2 Å². The highest BCUT2D eigenvalue weighted by atomic mass is 16.2. The molecule has 0 atom stereocenters. The molecule has 0 saturated carbocycles. The predicted octanol–water partition coefficient (Wildman–Crippen LogP) is 3.44. The molecule has 2 heterocycles. The first-order valence-corrected chi connectivity index (χ1v) is 9.81. The number of rotatable bonds is 4. The summed E-state index contributed by atoms with van der Waals surface area (Å²) >= 11 is 0. The molecule has 0 radical (unpaired) electrons. The van der Waals surface area contributed by atoms with Crippen molar-refractivity contribution in [1.82, 2.24) is 25.2 Å². The van der Waals surface area contributed by atoms with Crippen LogP contribution in [0.2, 0.25) is 0 Å². The number of amides is 2. The Morgan fingerprint density at radius 3 is 2.19 bits per heavy atom. The van der Waals surface area contributed by atoms with Crippen LogP contribution in [0.4, 0.5) is 4.79 Å². The highest BCUT2D eigenvalue weighted by Gasteiger charge is 2.23. The Kier molecular flexibility index (Phi) is 5.82. The van der Waals surface area contributed by atoms with E-state index in [1.54, 1.807) is 6.20 Å². The van der Waals surface area contributed by atoms with Gasteiger partial charge in [-0.3, -0.25) is 4.68 Å². The molecule has 146 valence electrons. The Labute approximate surface area is 161 Å². The van der Waals surface area contributed by atoms with E-state index < -0.39 is 0 Å². The summed E-state index contributed by atoms with van der Waals surface area (Å²) in [7, 11) is 0. The highest BCUT2D eigenvalue weighted by molar-refractivity contribution is 5.74. The lowest BCUT2D eigenvalue weighted by molar-refractivity contribution is 0.163. The molecule has 0 spiro atoms. The van der Waals surface area contributed by atoms with Gasteiger partial charge in [-0.15, -0.1) is 5.10 Å². The van der Waals surface area contributed by atoms with Crippen LogP contribution >= 0.6 is 0 Å². The van der Waals surface area contributed by atoms with Gasteiger partial charge in [-0.25, -0.2) is 4.79 Å². The van der Waals surface area contributed by atoms with E-state index in [-0.39, 0.29) is 6.03 Å². The third-order valence-corrected chi connectivity index (χ3v) is 6.39. The SMILES string of the molecule is Cc1c(C)c(C)c(CNC(=O)N2CCC(Cn3ccnn3)CC2)c(C)c1C. The van der Waals surface area contributed by atoms with Crippen molar-refractivity contribution in [2.24, 2.45) is 5.92 Å². The molecule has 6 heteroatoms. The number of nitrogens with one attached hydrogen (secondary N) is 1. The summed E-state index contributed by atoms with van der Waals surface area (Å²) in [4.78, 5) is 14.6. The zero-order chi connectivity index (χ0) is 19.6. The number of hydrogen-bond acceptors (Lipinski definition) is 3. The van der Waals surface area contributed by atoms with Crippen molar-refractivity contribution >= 4 is 6.03 Å². The molecule has 27 heavy (non-hydrogen) atoms. The smallest absolute Gasteiger partial charge is 0.317 e. The molecule has 1 aromatic heterocycles. The Morgan fingerprint density at radius 2 is 1.63 bits per heavy atom. The van der Waals surface area contributed by atoms with Gasteiger partial charge < -0.3 is 10.2 Å². The summed E-state index contributed by atoms with van der Waals surface area (Å²) in [5, 5.41) is 11.0. The Bertz CT molecular complexity index is 775. The first kappa shape index (κ1) is 19.4. The number of urea groups is 1. The van der Waals surface area contributed by atoms with E-state index in [0.29, 0.717) is 12.5 Å². The second-order valence-corrected chi connectivity index (χ2v) is 7.82. The normalized spacial score (nSPS) is 15.2. The van der Waals surface area contributed by atoms with Crippen LogP contribution in [0.25, 0.3) is 0 Å². The molecule has 1 N–H and O–H groups in total. The van der Waals surface area contributed by atoms with E-state index in [0.717, 1.165) is 32.5 Å². The third-order valence-electron chi connectivity index (χ3n) is 6.39. The number of likely N-dealkylation sites (tertiary alicyclic amines) is 1. The number of carbonyl (C=O) groups excluding carboxylic acids is 1. The summed E-state index contributed by atoms with van der Waals surface area (Å²) in [5.74, 6) is 0.558. The van der Waals surface area contributed by atoms with E-state index in [9.17, 15) is 4.79 Å². The van der Waals surface area contributed by atoms with Gasteiger partial charge in [0.15, 0.2) is 0 Å². The fraction of sp³-hybridized carbons (Fsp3) is 0.571. The number of aromatic nitrogens is 3. The van der Waals surface area contributed by atoms with Crippen LogP contribution in [0, 0.1) is 40.5 Å². The van der Waals surface area contributed by atoms with Gasteiger partial charge in [0, 0.05) is 32.4 Å². The zero-order valence-corrected chi connectivity index (χ0v) is 17.2. The van der Waals surface area contributed by atoms with Gasteiger partial charge in [0.25, 0.3) is 0 Å². The second kappa shape index (κ2) is 8.11. The van der Waals surface area contributed by atoms with Crippen LogP contribution in [-0.2, 0) is 13.1 Å². The van der Waals surface area contributed by atoms with Crippen LogP contribution in [0.5, 0.6) is 0 Å². The topological polar surface area (TPSA) is 63.1 Å². The largest absolute Gasteiger partial charge is 0.334 e. The zero-order valence-electron chi connectivity index (χ0n) is 17.2. The average Bonchev–Trinajstić information content (AvgIpc) is 3.18. The van der Waals surface area contributed by atoms with Crippen LogP contribution in [0.1, 0.15) is 46.2 Å². The molecule has 6 nitrogen and oxygen atoms in total. The van der Waals surface area contributed by atoms with E-state index in [1.165, 1.54) is 33.4 Å². The van der Waals surface area contributed by atoms with Gasteiger partial charge in [0.1, 0.15) is 0 Å². The van der Waals surface area contributed by atoms with Crippen LogP contribution in [0.15, 0.2) is 12.4 Å². The van der Waals surface area contributed by atoms with Crippen molar-refractivity contribution in [3.05, 3.63) is 45.8 Å². The maximum atomic E-state index is 12.6. The minimum absolute atomic E-state index is 0.0453. The summed E-state index contributed by atoms with van der Waals surface area (Å²) in [6, 6.07) is 0.0453. The van der Waals surface area contributed by atoms with Gasteiger partial charge in [0.2, 0.25) is 0 Å². The van der Waals surface area contributed by atoms with Crippen molar-refractivity contribution < 1.29 is 4.79 Å². The monoisotopic (exact) mass is 369 g/mol. The molecule has 2 aromatic rings. The maximum absolute atomic E-state index is 12.6. The van der Waals surface area contributed by atoms with Gasteiger partial charge in [0.05, 0.1) is 6.20 Å². The van der Waals surface area contributed by atoms with Crippen molar-refractivity contribution in [2.45, 2.75) is 60.5 Å². The van der Waals surface area contributed by atoms with E-state index >= 15 is 0 Å². The second-order valence-electron chi connectivity index (χ2n) is 7.82. The number of carbonyl (C=O) groups is 1. The Hall–Kier alpha value is -2.37. The van der Waals surface area contributed by atoms with Crippen molar-refractivity contribution in [1.29, 1.82) is 0 Å². The third kappa shape index (κ3) is 4.15. The number of nitrogens with zero attached hydrogens (tertiary/aromatic N) is 4. The number of piperidine rings is 1. The van der Waals surface area contributed by atoms with Crippen LogP contribution in [-0.4, -0.2) is 39.0 Å². The summed E-state index contributed by atoms with van der Waals surface area (Å²) in [5.41, 5.74) is 7.86. The minimum Gasteiger partial charge on any atom is -0.334 e. The maximum Gasteiger partial charge on any atom is 0.317 e. The van der Waals surface area contributed by atoms with Gasteiger partial charge in [-0.1, -0.05) is 5.21 Å². The average molecular weight is 370 g/mol. The van der Waals surface area contributed by atoms with Crippen molar-refractivity contribution in [3.63, 3.8) is 0 Å². The molecule has 1 aliphatic heterocycles. The molecular formula is C21H31N5O. The standard InChI is InChI=1S/C21H31N5O/c1-14-15(2)17(4)20(18(5)16(14)3)12-22-21(27)25-9-6-19(7-10-25)13-26-11-8-23-24-26/h8,11,19H,6-7,9-10,12-13H2,1-5H3,(H,22,27). The Morgan fingerprint density at radius 1 is 1.04 bits per heavy atom. The van der Waals surface area contributed by atoms with Crippen molar-refractivity contribution in [2.75, 3.05) is 13.1 Å². The fourth-order valence-corrected chi connectivity index (χ4v) is 4.03. The minimum atomic E-state index is 0.0453. The molecule has 2 amide bonds. The number of benzene rings is 1. The van der Waals surface area contributed by atoms with E-state index in [4.69, 9.17) is 0 Å². The molecule has 1 fully saturated rings. The first-order valence-electron chi connectivity index (χ1n) is 9.81. The Balaban J connectivity index is 1.55. The lowest BCUT2D eigenvalue weighted by Crippen LogP contribution is -2.44. The molecule has 1 aliphatic rings.